The Bertz CT molecular complexity index is 504. The summed E-state index contributed by atoms with van der Waals surface area (Å²) in [4.78, 5) is 30.7. The largest absolute Gasteiger partial charge is 0.507 e. The second kappa shape index (κ2) is 6.38. The highest BCUT2D eigenvalue weighted by Gasteiger charge is 2.35. The molecule has 0 spiro atoms. The highest BCUT2D eigenvalue weighted by atomic mass is 16.6. The molecule has 6 nitrogen and oxygen atoms in total. The first-order valence-electron chi connectivity index (χ1n) is 6.65. The SMILES string of the molecule is CCONC(=O)C1CCCN1C(=O)c1ccccc1O. The van der Waals surface area contributed by atoms with Gasteiger partial charge in [0.15, 0.2) is 0 Å². The predicted molar refractivity (Wildman–Crippen MR) is 71.9 cm³/mol. The number of likely N-dealkylation sites (tertiary alicyclic amines) is 1. The molecule has 0 saturated carbocycles. The van der Waals surface area contributed by atoms with Crippen LogP contribution >= 0.6 is 0 Å². The Labute approximate surface area is 117 Å². The summed E-state index contributed by atoms with van der Waals surface area (Å²) in [5.74, 6) is -0.737. The van der Waals surface area contributed by atoms with Crippen LogP contribution < -0.4 is 5.48 Å². The van der Waals surface area contributed by atoms with E-state index in [0.717, 1.165) is 6.42 Å². The van der Waals surface area contributed by atoms with E-state index >= 15 is 0 Å². The summed E-state index contributed by atoms with van der Waals surface area (Å²) >= 11 is 0. The fraction of sp³-hybridized carbons (Fsp3) is 0.429. The van der Waals surface area contributed by atoms with Gasteiger partial charge in [-0.15, -0.1) is 0 Å². The third-order valence-electron chi connectivity index (χ3n) is 3.27. The van der Waals surface area contributed by atoms with E-state index in [1.165, 1.54) is 11.0 Å². The van der Waals surface area contributed by atoms with E-state index in [9.17, 15) is 14.7 Å². The van der Waals surface area contributed by atoms with Gasteiger partial charge >= 0.3 is 0 Å². The van der Waals surface area contributed by atoms with E-state index in [-0.39, 0.29) is 23.1 Å². The zero-order chi connectivity index (χ0) is 14.5. The Hall–Kier alpha value is -2.08. The van der Waals surface area contributed by atoms with Crippen molar-refractivity contribution in [2.45, 2.75) is 25.8 Å². The minimum atomic E-state index is -0.548. The fourth-order valence-corrected chi connectivity index (χ4v) is 2.30. The highest BCUT2D eigenvalue weighted by Crippen LogP contribution is 2.24. The quantitative estimate of drug-likeness (QED) is 0.807. The molecule has 20 heavy (non-hydrogen) atoms. The Morgan fingerprint density at radius 3 is 2.90 bits per heavy atom. The maximum Gasteiger partial charge on any atom is 0.266 e. The van der Waals surface area contributed by atoms with Crippen molar-refractivity contribution in [2.75, 3.05) is 13.2 Å². The smallest absolute Gasteiger partial charge is 0.266 e. The van der Waals surface area contributed by atoms with Crippen LogP contribution in [0.15, 0.2) is 24.3 Å². The van der Waals surface area contributed by atoms with Gasteiger partial charge < -0.3 is 10.0 Å². The van der Waals surface area contributed by atoms with E-state index in [4.69, 9.17) is 4.84 Å². The number of hydrogen-bond acceptors (Lipinski definition) is 4. The van der Waals surface area contributed by atoms with Gasteiger partial charge in [0.25, 0.3) is 11.8 Å². The number of carbonyl (C=O) groups is 2. The van der Waals surface area contributed by atoms with Gasteiger partial charge in [-0.1, -0.05) is 12.1 Å². The Morgan fingerprint density at radius 2 is 2.20 bits per heavy atom. The Morgan fingerprint density at radius 1 is 1.45 bits per heavy atom. The normalized spacial score (nSPS) is 18.1. The fourth-order valence-electron chi connectivity index (χ4n) is 2.30. The summed E-state index contributed by atoms with van der Waals surface area (Å²) in [7, 11) is 0. The van der Waals surface area contributed by atoms with E-state index in [2.05, 4.69) is 5.48 Å². The monoisotopic (exact) mass is 278 g/mol. The molecule has 1 unspecified atom stereocenters. The van der Waals surface area contributed by atoms with Crippen LogP contribution in [0.2, 0.25) is 0 Å². The van der Waals surface area contributed by atoms with Crippen LogP contribution in [-0.4, -0.2) is 41.0 Å². The second-order valence-electron chi connectivity index (χ2n) is 4.57. The number of hydroxylamine groups is 1. The summed E-state index contributed by atoms with van der Waals surface area (Å²) in [6, 6.07) is 5.79. The Balaban J connectivity index is 2.13. The molecule has 6 heteroatoms. The van der Waals surface area contributed by atoms with Crippen molar-refractivity contribution < 1.29 is 19.5 Å². The first kappa shape index (κ1) is 14.3. The predicted octanol–water partition coefficient (Wildman–Crippen LogP) is 1.06. The van der Waals surface area contributed by atoms with Crippen molar-refractivity contribution in [1.82, 2.24) is 10.4 Å². The van der Waals surface area contributed by atoms with Gasteiger partial charge in [0.2, 0.25) is 0 Å². The maximum atomic E-state index is 12.4. The van der Waals surface area contributed by atoms with Gasteiger partial charge in [-0.05, 0) is 31.9 Å². The second-order valence-corrected chi connectivity index (χ2v) is 4.57. The molecule has 1 fully saturated rings. The molecule has 1 aromatic rings. The molecule has 0 bridgehead atoms. The number of benzene rings is 1. The molecular weight excluding hydrogens is 260 g/mol. The minimum Gasteiger partial charge on any atom is -0.507 e. The van der Waals surface area contributed by atoms with Crippen molar-refractivity contribution in [2.24, 2.45) is 0 Å². The molecular formula is C14H18N2O4. The van der Waals surface area contributed by atoms with Crippen LogP contribution in [-0.2, 0) is 9.63 Å². The van der Waals surface area contributed by atoms with Crippen molar-refractivity contribution in [3.63, 3.8) is 0 Å². The van der Waals surface area contributed by atoms with Crippen LogP contribution in [0, 0.1) is 0 Å². The molecule has 0 aliphatic carbocycles. The van der Waals surface area contributed by atoms with Gasteiger partial charge in [-0.2, -0.15) is 0 Å². The van der Waals surface area contributed by atoms with Gasteiger partial charge in [0.1, 0.15) is 11.8 Å². The average molecular weight is 278 g/mol. The third-order valence-corrected chi connectivity index (χ3v) is 3.27. The number of nitrogens with zero attached hydrogens (tertiary/aromatic N) is 1. The first-order valence-corrected chi connectivity index (χ1v) is 6.65. The number of para-hydroxylation sites is 1. The summed E-state index contributed by atoms with van der Waals surface area (Å²) in [6.45, 7) is 2.63. The van der Waals surface area contributed by atoms with E-state index in [1.807, 2.05) is 0 Å². The number of rotatable bonds is 4. The highest BCUT2D eigenvalue weighted by molar-refractivity contribution is 5.99. The molecule has 2 N–H and O–H groups in total. The van der Waals surface area contributed by atoms with Gasteiger partial charge in [0.05, 0.1) is 12.2 Å². The molecule has 0 radical (unpaired) electrons. The molecule has 2 rings (SSSR count). The number of carbonyl (C=O) groups excluding carboxylic acids is 2. The number of hydrogen-bond donors (Lipinski definition) is 2. The van der Waals surface area contributed by atoms with Crippen LogP contribution in [0.4, 0.5) is 0 Å². The van der Waals surface area contributed by atoms with Crippen LogP contribution in [0.5, 0.6) is 5.75 Å². The number of nitrogens with one attached hydrogen (secondary N) is 1. The lowest BCUT2D eigenvalue weighted by atomic mass is 10.1. The number of phenols is 1. The van der Waals surface area contributed by atoms with Crippen molar-refractivity contribution in [3.05, 3.63) is 29.8 Å². The summed E-state index contributed by atoms with van der Waals surface area (Å²) in [6.07, 6.45) is 1.35. The molecule has 1 atom stereocenters. The van der Waals surface area contributed by atoms with Crippen LogP contribution in [0.1, 0.15) is 30.1 Å². The molecule has 1 aliphatic heterocycles. The molecule has 1 aromatic carbocycles. The Kier molecular flexibility index (Phi) is 4.57. The average Bonchev–Trinajstić information content (AvgIpc) is 2.94. The lowest BCUT2D eigenvalue weighted by Crippen LogP contribution is -2.45. The summed E-state index contributed by atoms with van der Waals surface area (Å²) in [5.41, 5.74) is 2.54. The van der Waals surface area contributed by atoms with E-state index < -0.39 is 6.04 Å². The number of amides is 2. The molecule has 0 aromatic heterocycles. The van der Waals surface area contributed by atoms with Crippen LogP contribution in [0.25, 0.3) is 0 Å². The van der Waals surface area contributed by atoms with Gasteiger partial charge in [0, 0.05) is 6.54 Å². The van der Waals surface area contributed by atoms with Crippen molar-refractivity contribution in [3.8, 4) is 5.75 Å². The maximum absolute atomic E-state index is 12.4. The lowest BCUT2D eigenvalue weighted by molar-refractivity contribution is -0.137. The standard InChI is InChI=1S/C14H18N2O4/c1-2-20-15-13(18)11-7-5-9-16(11)14(19)10-6-3-4-8-12(10)17/h3-4,6,8,11,17H,2,5,7,9H2,1H3,(H,15,18). The number of aromatic hydroxyl groups is 1. The molecule has 1 heterocycles. The van der Waals surface area contributed by atoms with Crippen LogP contribution in [0.3, 0.4) is 0 Å². The molecule has 2 amide bonds. The minimum absolute atomic E-state index is 0.0756. The zero-order valence-electron chi connectivity index (χ0n) is 11.3. The molecule has 108 valence electrons. The number of phenolic OH excluding ortho intramolecular Hbond substituents is 1. The van der Waals surface area contributed by atoms with Crippen molar-refractivity contribution in [1.29, 1.82) is 0 Å². The topological polar surface area (TPSA) is 78.9 Å². The lowest BCUT2D eigenvalue weighted by Gasteiger charge is -2.24. The molecule has 1 aliphatic rings. The zero-order valence-corrected chi connectivity index (χ0v) is 11.3. The van der Waals surface area contributed by atoms with E-state index in [0.29, 0.717) is 19.6 Å². The van der Waals surface area contributed by atoms with Crippen molar-refractivity contribution >= 4 is 11.8 Å². The summed E-state index contributed by atoms with van der Waals surface area (Å²) < 4.78 is 0. The molecule has 1 saturated heterocycles. The first-order chi connectivity index (χ1) is 9.65. The van der Waals surface area contributed by atoms with Gasteiger partial charge in [-0.3, -0.25) is 14.4 Å². The third kappa shape index (κ3) is 2.91. The van der Waals surface area contributed by atoms with E-state index in [1.54, 1.807) is 25.1 Å². The summed E-state index contributed by atoms with van der Waals surface area (Å²) in [5, 5.41) is 9.73. The van der Waals surface area contributed by atoms with Gasteiger partial charge in [-0.25, -0.2) is 5.48 Å².